The highest BCUT2D eigenvalue weighted by Crippen LogP contribution is 2.16. The van der Waals surface area contributed by atoms with Crippen molar-refractivity contribution < 1.29 is 9.59 Å². The van der Waals surface area contributed by atoms with E-state index in [0.29, 0.717) is 16.4 Å². The molecule has 0 saturated carbocycles. The Kier molecular flexibility index (Phi) is 4.95. The number of nitrogens with zero attached hydrogens (tertiary/aromatic N) is 3. The van der Waals surface area contributed by atoms with Gasteiger partial charge < -0.3 is 10.6 Å². The summed E-state index contributed by atoms with van der Waals surface area (Å²) >= 11 is 5.96. The fourth-order valence-corrected chi connectivity index (χ4v) is 2.61. The van der Waals surface area contributed by atoms with E-state index in [1.807, 2.05) is 30.3 Å². The monoisotopic (exact) mass is 357 g/mol. The number of benzene rings is 1. The summed E-state index contributed by atoms with van der Waals surface area (Å²) in [6.45, 7) is -0.143. The summed E-state index contributed by atoms with van der Waals surface area (Å²) in [6.07, 6.45) is 3.21. The van der Waals surface area contributed by atoms with Gasteiger partial charge in [0.25, 0.3) is 0 Å². The zero-order valence-electron chi connectivity index (χ0n) is 13.5. The topological polar surface area (TPSA) is 88.9 Å². The van der Waals surface area contributed by atoms with Crippen LogP contribution < -0.4 is 10.6 Å². The Morgan fingerprint density at radius 3 is 2.80 bits per heavy atom. The SMILES string of the molecule is Cn1cc(Cl)c(CC(=O)NCC(=O)Nc2cnc3ccccc3c2)n1. The number of pyridine rings is 1. The molecule has 0 atom stereocenters. The van der Waals surface area contributed by atoms with Gasteiger partial charge in [-0.15, -0.1) is 0 Å². The third-order valence-corrected chi connectivity index (χ3v) is 3.82. The lowest BCUT2D eigenvalue weighted by Crippen LogP contribution is -2.33. The molecule has 3 aromatic rings. The van der Waals surface area contributed by atoms with Gasteiger partial charge in [-0.05, 0) is 12.1 Å². The number of para-hydroxylation sites is 1. The first-order chi connectivity index (χ1) is 12.0. The maximum absolute atomic E-state index is 12.0. The largest absolute Gasteiger partial charge is 0.347 e. The minimum absolute atomic E-state index is 0.0183. The first-order valence-electron chi connectivity index (χ1n) is 7.60. The molecule has 0 spiro atoms. The summed E-state index contributed by atoms with van der Waals surface area (Å²) < 4.78 is 1.53. The van der Waals surface area contributed by atoms with Crippen molar-refractivity contribution in [1.29, 1.82) is 0 Å². The third-order valence-electron chi connectivity index (χ3n) is 3.50. The van der Waals surface area contributed by atoms with Gasteiger partial charge in [0.1, 0.15) is 0 Å². The van der Waals surface area contributed by atoms with Crippen molar-refractivity contribution in [2.75, 3.05) is 11.9 Å². The van der Waals surface area contributed by atoms with E-state index in [-0.39, 0.29) is 24.8 Å². The lowest BCUT2D eigenvalue weighted by molar-refractivity contribution is -0.123. The van der Waals surface area contributed by atoms with Crippen LogP contribution >= 0.6 is 11.6 Å². The molecule has 2 N–H and O–H groups in total. The summed E-state index contributed by atoms with van der Waals surface area (Å²) in [5, 5.41) is 10.7. The molecule has 25 heavy (non-hydrogen) atoms. The molecule has 2 aromatic heterocycles. The number of amides is 2. The number of anilines is 1. The standard InChI is InChI=1S/C17H16ClN5O2/c1-23-10-13(18)15(22-23)7-16(24)20-9-17(25)21-12-6-11-4-2-3-5-14(11)19-8-12/h2-6,8,10H,7,9H2,1H3,(H,20,24)(H,21,25). The zero-order valence-corrected chi connectivity index (χ0v) is 14.2. The number of fused-ring (bicyclic) bond motifs is 1. The maximum atomic E-state index is 12.0. The van der Waals surface area contributed by atoms with Gasteiger partial charge >= 0.3 is 0 Å². The molecule has 0 radical (unpaired) electrons. The molecule has 2 heterocycles. The Balaban J connectivity index is 1.53. The molecule has 0 aliphatic carbocycles. The highest BCUT2D eigenvalue weighted by atomic mass is 35.5. The van der Waals surface area contributed by atoms with Crippen molar-refractivity contribution >= 4 is 40.0 Å². The fraction of sp³-hybridized carbons (Fsp3) is 0.176. The van der Waals surface area contributed by atoms with Gasteiger partial charge in [-0.2, -0.15) is 5.10 Å². The van der Waals surface area contributed by atoms with Crippen LogP contribution in [0.5, 0.6) is 0 Å². The maximum Gasteiger partial charge on any atom is 0.243 e. The molecule has 0 unspecified atom stereocenters. The molecule has 0 saturated heterocycles. The van der Waals surface area contributed by atoms with Crippen molar-refractivity contribution in [3.8, 4) is 0 Å². The van der Waals surface area contributed by atoms with Crippen LogP contribution in [-0.2, 0) is 23.1 Å². The summed E-state index contributed by atoms with van der Waals surface area (Å²) in [5.41, 5.74) is 1.90. The molecular formula is C17H16ClN5O2. The summed E-state index contributed by atoms with van der Waals surface area (Å²) in [5.74, 6) is -0.662. The molecule has 0 aliphatic heterocycles. The summed E-state index contributed by atoms with van der Waals surface area (Å²) in [6, 6.07) is 9.44. The third kappa shape index (κ3) is 4.33. The first-order valence-corrected chi connectivity index (χ1v) is 7.98. The molecule has 0 fully saturated rings. The van der Waals surface area contributed by atoms with Gasteiger partial charge in [0.15, 0.2) is 0 Å². The van der Waals surface area contributed by atoms with Crippen LogP contribution in [0.4, 0.5) is 5.69 Å². The smallest absolute Gasteiger partial charge is 0.243 e. The van der Waals surface area contributed by atoms with Crippen LogP contribution in [0.25, 0.3) is 10.9 Å². The molecule has 3 rings (SSSR count). The van der Waals surface area contributed by atoms with Gasteiger partial charge in [0.05, 0.1) is 41.1 Å². The normalized spacial score (nSPS) is 10.6. The van der Waals surface area contributed by atoms with E-state index in [2.05, 4.69) is 20.7 Å². The van der Waals surface area contributed by atoms with Crippen LogP contribution in [0.1, 0.15) is 5.69 Å². The highest BCUT2D eigenvalue weighted by Gasteiger charge is 2.12. The number of aromatic nitrogens is 3. The van der Waals surface area contributed by atoms with E-state index in [0.717, 1.165) is 10.9 Å². The van der Waals surface area contributed by atoms with Crippen LogP contribution in [0.2, 0.25) is 5.02 Å². The number of rotatable bonds is 5. The molecule has 2 amide bonds. The number of aryl methyl sites for hydroxylation is 1. The Hall–Kier alpha value is -2.93. The molecule has 0 bridgehead atoms. The average Bonchev–Trinajstić information content (AvgIpc) is 2.90. The van der Waals surface area contributed by atoms with E-state index in [1.54, 1.807) is 19.4 Å². The molecule has 8 heteroatoms. The molecular weight excluding hydrogens is 342 g/mol. The Morgan fingerprint density at radius 2 is 2.04 bits per heavy atom. The molecule has 128 valence electrons. The second kappa shape index (κ2) is 7.31. The van der Waals surface area contributed by atoms with E-state index in [1.165, 1.54) is 4.68 Å². The van der Waals surface area contributed by atoms with Crippen LogP contribution in [-0.4, -0.2) is 33.1 Å². The van der Waals surface area contributed by atoms with Crippen LogP contribution in [0.3, 0.4) is 0 Å². The second-order valence-corrected chi connectivity index (χ2v) is 5.92. The first kappa shape index (κ1) is 16.9. The van der Waals surface area contributed by atoms with Gasteiger partial charge in [0, 0.05) is 18.6 Å². The Morgan fingerprint density at radius 1 is 1.24 bits per heavy atom. The van der Waals surface area contributed by atoms with E-state index < -0.39 is 0 Å². The van der Waals surface area contributed by atoms with E-state index in [9.17, 15) is 9.59 Å². The van der Waals surface area contributed by atoms with Crippen molar-refractivity contribution in [1.82, 2.24) is 20.1 Å². The van der Waals surface area contributed by atoms with Crippen molar-refractivity contribution in [3.05, 3.63) is 53.4 Å². The number of nitrogens with one attached hydrogen (secondary N) is 2. The van der Waals surface area contributed by atoms with Gasteiger partial charge in [0.2, 0.25) is 11.8 Å². The minimum atomic E-state index is -0.336. The number of hydrogen-bond acceptors (Lipinski definition) is 4. The molecule has 0 aliphatic rings. The molecule has 7 nitrogen and oxygen atoms in total. The summed E-state index contributed by atoms with van der Waals surface area (Å²) in [7, 11) is 1.72. The number of halogens is 1. The summed E-state index contributed by atoms with van der Waals surface area (Å²) in [4.78, 5) is 28.1. The number of hydrogen-bond donors (Lipinski definition) is 2. The van der Waals surface area contributed by atoms with Crippen molar-refractivity contribution in [2.45, 2.75) is 6.42 Å². The predicted molar refractivity (Wildman–Crippen MR) is 95.3 cm³/mol. The van der Waals surface area contributed by atoms with Gasteiger partial charge in [-0.1, -0.05) is 29.8 Å². The molecule has 1 aromatic carbocycles. The van der Waals surface area contributed by atoms with E-state index >= 15 is 0 Å². The van der Waals surface area contributed by atoms with Crippen LogP contribution in [0.15, 0.2) is 42.7 Å². The van der Waals surface area contributed by atoms with Gasteiger partial charge in [-0.3, -0.25) is 19.3 Å². The minimum Gasteiger partial charge on any atom is -0.347 e. The van der Waals surface area contributed by atoms with Crippen LogP contribution in [0, 0.1) is 0 Å². The quantitative estimate of drug-likeness (QED) is 0.730. The Labute approximate surface area is 149 Å². The zero-order chi connectivity index (χ0) is 17.8. The lowest BCUT2D eigenvalue weighted by atomic mass is 10.2. The number of carbonyl (C=O) groups is 2. The highest BCUT2D eigenvalue weighted by molar-refractivity contribution is 6.31. The van der Waals surface area contributed by atoms with Crippen molar-refractivity contribution in [2.24, 2.45) is 7.05 Å². The van der Waals surface area contributed by atoms with E-state index in [4.69, 9.17) is 11.6 Å². The Bertz CT molecular complexity index is 938. The number of carbonyl (C=O) groups excluding carboxylic acids is 2. The predicted octanol–water partition coefficient (Wildman–Crippen LogP) is 1.92. The van der Waals surface area contributed by atoms with Gasteiger partial charge in [-0.25, -0.2) is 0 Å². The van der Waals surface area contributed by atoms with Crippen molar-refractivity contribution in [3.63, 3.8) is 0 Å². The lowest BCUT2D eigenvalue weighted by Gasteiger charge is -2.07. The average molecular weight is 358 g/mol. The fourth-order valence-electron chi connectivity index (χ4n) is 2.36. The second-order valence-electron chi connectivity index (χ2n) is 5.52.